The Kier molecular flexibility index (Phi) is 4.17. The minimum Gasteiger partial charge on any atom is -0.273 e. The van der Waals surface area contributed by atoms with Crippen LogP contribution in [0.5, 0.6) is 0 Å². The van der Waals surface area contributed by atoms with Crippen molar-refractivity contribution >= 4 is 21.6 Å². The van der Waals surface area contributed by atoms with Gasteiger partial charge in [-0.25, -0.2) is 8.42 Å². The lowest BCUT2D eigenvalue weighted by Crippen LogP contribution is -2.26. The fourth-order valence-corrected chi connectivity index (χ4v) is 3.09. The normalized spacial score (nSPS) is 12.1. The van der Waals surface area contributed by atoms with Gasteiger partial charge in [0, 0.05) is 36.9 Å². The molecule has 0 spiro atoms. The van der Waals surface area contributed by atoms with Gasteiger partial charge in [0.15, 0.2) is 0 Å². The average Bonchev–Trinajstić information content (AvgIpc) is 2.71. The quantitative estimate of drug-likeness (QED) is 0.869. The number of nitrogens with zero attached hydrogens (tertiary/aromatic N) is 3. The van der Waals surface area contributed by atoms with Gasteiger partial charge in [-0.3, -0.25) is 4.68 Å². The van der Waals surface area contributed by atoms with Crippen molar-refractivity contribution < 1.29 is 8.42 Å². The molecular formula is C13H16ClN3O2S. The Labute approximate surface area is 123 Å². The second-order valence-corrected chi connectivity index (χ2v) is 7.08. The standard InChI is InChI=1S/C13H16ClN3O2S/c1-10-11(8-15-17(10)3)9-16(2)20(18,19)13-6-4-12(14)5-7-13/h4-8H,9H2,1-3H3. The fraction of sp³-hybridized carbons (Fsp3) is 0.308. The first kappa shape index (κ1) is 15.0. The Morgan fingerprint density at radius 2 is 1.90 bits per heavy atom. The third kappa shape index (κ3) is 2.87. The number of aromatic nitrogens is 2. The Morgan fingerprint density at radius 3 is 2.40 bits per heavy atom. The molecule has 2 rings (SSSR count). The fourth-order valence-electron chi connectivity index (χ4n) is 1.81. The summed E-state index contributed by atoms with van der Waals surface area (Å²) >= 11 is 5.78. The zero-order chi connectivity index (χ0) is 14.9. The van der Waals surface area contributed by atoms with E-state index in [2.05, 4.69) is 5.10 Å². The van der Waals surface area contributed by atoms with Crippen LogP contribution in [0.3, 0.4) is 0 Å². The molecule has 0 saturated heterocycles. The number of rotatable bonds is 4. The van der Waals surface area contributed by atoms with Gasteiger partial charge >= 0.3 is 0 Å². The maximum Gasteiger partial charge on any atom is 0.243 e. The molecule has 1 aromatic carbocycles. The van der Waals surface area contributed by atoms with Crippen LogP contribution in [0, 0.1) is 6.92 Å². The van der Waals surface area contributed by atoms with Gasteiger partial charge < -0.3 is 0 Å². The summed E-state index contributed by atoms with van der Waals surface area (Å²) in [5.74, 6) is 0. The van der Waals surface area contributed by atoms with Gasteiger partial charge in [-0.05, 0) is 31.2 Å². The smallest absolute Gasteiger partial charge is 0.243 e. The van der Waals surface area contributed by atoms with Crippen molar-refractivity contribution in [2.75, 3.05) is 7.05 Å². The highest BCUT2D eigenvalue weighted by molar-refractivity contribution is 7.89. The Bertz CT molecular complexity index is 708. The predicted molar refractivity (Wildman–Crippen MR) is 78.0 cm³/mol. The molecule has 108 valence electrons. The van der Waals surface area contributed by atoms with Gasteiger partial charge in [0.1, 0.15) is 0 Å². The molecule has 0 fully saturated rings. The molecule has 7 heteroatoms. The van der Waals surface area contributed by atoms with Gasteiger partial charge in [-0.15, -0.1) is 0 Å². The molecule has 1 aromatic heterocycles. The topological polar surface area (TPSA) is 55.2 Å². The summed E-state index contributed by atoms with van der Waals surface area (Å²) in [5, 5.41) is 4.62. The molecule has 1 heterocycles. The molecule has 0 unspecified atom stereocenters. The Balaban J connectivity index is 2.25. The van der Waals surface area contributed by atoms with E-state index in [0.29, 0.717) is 5.02 Å². The van der Waals surface area contributed by atoms with Crippen molar-refractivity contribution in [3.63, 3.8) is 0 Å². The molecule has 0 saturated carbocycles. The van der Waals surface area contributed by atoms with Crippen LogP contribution in [-0.4, -0.2) is 29.6 Å². The van der Waals surface area contributed by atoms with Crippen molar-refractivity contribution in [2.24, 2.45) is 7.05 Å². The Morgan fingerprint density at radius 1 is 1.30 bits per heavy atom. The minimum absolute atomic E-state index is 0.228. The summed E-state index contributed by atoms with van der Waals surface area (Å²) in [6.07, 6.45) is 1.68. The molecule has 0 bridgehead atoms. The number of benzene rings is 1. The third-order valence-electron chi connectivity index (χ3n) is 3.25. The highest BCUT2D eigenvalue weighted by atomic mass is 35.5. The van der Waals surface area contributed by atoms with E-state index in [-0.39, 0.29) is 11.4 Å². The molecule has 20 heavy (non-hydrogen) atoms. The lowest BCUT2D eigenvalue weighted by atomic mass is 10.3. The zero-order valence-corrected chi connectivity index (χ0v) is 13.1. The van der Waals surface area contributed by atoms with Crippen molar-refractivity contribution in [1.29, 1.82) is 0 Å². The molecule has 2 aromatic rings. The Hall–Kier alpha value is -1.37. The molecule has 5 nitrogen and oxygen atoms in total. The highest BCUT2D eigenvalue weighted by Gasteiger charge is 2.22. The molecule has 0 radical (unpaired) electrons. The number of sulfonamides is 1. The van der Waals surface area contributed by atoms with Crippen LogP contribution in [0.25, 0.3) is 0 Å². The van der Waals surface area contributed by atoms with Crippen LogP contribution in [0.2, 0.25) is 5.02 Å². The first-order valence-electron chi connectivity index (χ1n) is 6.02. The van der Waals surface area contributed by atoms with Crippen molar-refractivity contribution in [3.8, 4) is 0 Å². The lowest BCUT2D eigenvalue weighted by Gasteiger charge is -2.17. The van der Waals surface area contributed by atoms with Crippen molar-refractivity contribution in [3.05, 3.63) is 46.7 Å². The molecule has 0 N–H and O–H groups in total. The SMILES string of the molecule is Cc1c(CN(C)S(=O)(=O)c2ccc(Cl)cc2)cnn1C. The van der Waals surface area contributed by atoms with Gasteiger partial charge in [0.25, 0.3) is 0 Å². The van der Waals surface area contributed by atoms with E-state index in [1.807, 2.05) is 14.0 Å². The maximum atomic E-state index is 12.4. The summed E-state index contributed by atoms with van der Waals surface area (Å²) in [4.78, 5) is 0.228. The van der Waals surface area contributed by atoms with Crippen LogP contribution < -0.4 is 0 Å². The van der Waals surface area contributed by atoms with Crippen LogP contribution in [0.4, 0.5) is 0 Å². The summed E-state index contributed by atoms with van der Waals surface area (Å²) in [6.45, 7) is 2.19. The molecular weight excluding hydrogens is 298 g/mol. The molecule has 0 aliphatic carbocycles. The summed E-state index contributed by atoms with van der Waals surface area (Å²) in [7, 11) is -0.146. The lowest BCUT2D eigenvalue weighted by molar-refractivity contribution is 0.465. The van der Waals surface area contributed by atoms with Crippen molar-refractivity contribution in [2.45, 2.75) is 18.4 Å². The van der Waals surface area contributed by atoms with Crippen molar-refractivity contribution in [1.82, 2.24) is 14.1 Å². The van der Waals surface area contributed by atoms with Gasteiger partial charge in [0.2, 0.25) is 10.0 Å². The summed E-state index contributed by atoms with van der Waals surface area (Å²) < 4.78 is 27.9. The summed E-state index contributed by atoms with van der Waals surface area (Å²) in [5.41, 5.74) is 1.83. The maximum absolute atomic E-state index is 12.4. The third-order valence-corrected chi connectivity index (χ3v) is 5.32. The first-order chi connectivity index (χ1) is 9.32. The van der Waals surface area contributed by atoms with Crippen LogP contribution in [0.15, 0.2) is 35.4 Å². The number of hydrogen-bond acceptors (Lipinski definition) is 3. The van der Waals surface area contributed by atoms with Gasteiger partial charge in [-0.2, -0.15) is 9.40 Å². The molecule has 0 aliphatic heterocycles. The van der Waals surface area contributed by atoms with E-state index in [0.717, 1.165) is 11.3 Å². The predicted octanol–water partition coefficient (Wildman–Crippen LogP) is 2.20. The monoisotopic (exact) mass is 313 g/mol. The number of halogens is 1. The van der Waals surface area contributed by atoms with E-state index in [9.17, 15) is 8.42 Å². The van der Waals surface area contributed by atoms with Crippen LogP contribution >= 0.6 is 11.6 Å². The van der Waals surface area contributed by atoms with Crippen LogP contribution in [-0.2, 0) is 23.6 Å². The second-order valence-electron chi connectivity index (χ2n) is 4.59. The largest absolute Gasteiger partial charge is 0.273 e. The van der Waals surface area contributed by atoms with E-state index < -0.39 is 10.0 Å². The molecule has 0 amide bonds. The van der Waals surface area contributed by atoms with Crippen LogP contribution in [0.1, 0.15) is 11.3 Å². The average molecular weight is 314 g/mol. The number of hydrogen-bond donors (Lipinski definition) is 0. The minimum atomic E-state index is -3.52. The van der Waals surface area contributed by atoms with Gasteiger partial charge in [0.05, 0.1) is 11.1 Å². The highest BCUT2D eigenvalue weighted by Crippen LogP contribution is 2.19. The molecule has 0 atom stereocenters. The molecule has 0 aliphatic rings. The first-order valence-corrected chi connectivity index (χ1v) is 7.83. The second kappa shape index (κ2) is 5.55. The zero-order valence-electron chi connectivity index (χ0n) is 11.5. The van der Waals surface area contributed by atoms with E-state index in [1.165, 1.54) is 16.4 Å². The van der Waals surface area contributed by atoms with E-state index >= 15 is 0 Å². The summed E-state index contributed by atoms with van der Waals surface area (Å²) in [6, 6.07) is 6.14. The van der Waals surface area contributed by atoms with Gasteiger partial charge in [-0.1, -0.05) is 11.6 Å². The van der Waals surface area contributed by atoms with E-state index in [4.69, 9.17) is 11.6 Å². The number of aryl methyl sites for hydroxylation is 1. The van der Waals surface area contributed by atoms with E-state index in [1.54, 1.807) is 30.1 Å².